The first-order chi connectivity index (χ1) is 19.4. The second-order valence-corrected chi connectivity index (χ2v) is 9.94. The number of unbranched alkanes of at least 4 members (excludes halogenated alkanes) is 1. The van der Waals surface area contributed by atoms with Crippen molar-refractivity contribution in [2.24, 2.45) is 0 Å². The van der Waals surface area contributed by atoms with Gasteiger partial charge in [-0.2, -0.15) is 0 Å². The molecule has 0 fully saturated rings. The number of ether oxygens (including phenoxy) is 1. The average molecular weight is 545 g/mol. The molecule has 0 radical (unpaired) electrons. The van der Waals surface area contributed by atoms with E-state index in [1.165, 1.54) is 6.07 Å². The molecule has 1 unspecified atom stereocenters. The lowest BCUT2D eigenvalue weighted by atomic mass is 9.96. The van der Waals surface area contributed by atoms with Gasteiger partial charge < -0.3 is 9.84 Å². The third-order valence-corrected chi connectivity index (χ3v) is 7.04. The van der Waals surface area contributed by atoms with Gasteiger partial charge in [-0.15, -0.1) is 6.58 Å². The summed E-state index contributed by atoms with van der Waals surface area (Å²) in [6, 6.07) is 22.2. The first-order valence-corrected chi connectivity index (χ1v) is 13.8. The number of aliphatic hydroxyl groups is 1. The molecule has 1 N–H and O–H groups in total. The third kappa shape index (κ3) is 7.22. The van der Waals surface area contributed by atoms with E-state index in [0.717, 1.165) is 30.4 Å². The van der Waals surface area contributed by atoms with Gasteiger partial charge in [0.1, 0.15) is 11.6 Å². The number of allylic oxidation sites excluding steroid dienone is 1. The van der Waals surface area contributed by atoms with Crippen LogP contribution in [0.1, 0.15) is 55.4 Å². The van der Waals surface area contributed by atoms with Gasteiger partial charge >= 0.3 is 0 Å². The molecule has 208 valence electrons. The molecule has 0 aliphatic rings. The first kappa shape index (κ1) is 29.2. The largest absolute Gasteiger partial charge is 0.493 e. The molecule has 0 bridgehead atoms. The van der Waals surface area contributed by atoms with E-state index in [1.54, 1.807) is 60.7 Å². The van der Waals surface area contributed by atoms with Crippen molar-refractivity contribution in [3.8, 4) is 28.0 Å². The van der Waals surface area contributed by atoms with Crippen molar-refractivity contribution >= 4 is 0 Å². The van der Waals surface area contributed by atoms with Crippen molar-refractivity contribution in [1.29, 1.82) is 0 Å². The summed E-state index contributed by atoms with van der Waals surface area (Å²) >= 11 is 0. The molecule has 0 saturated heterocycles. The number of rotatable bonds is 13. The maximum atomic E-state index is 15.1. The Balaban J connectivity index is 1.41. The van der Waals surface area contributed by atoms with Gasteiger partial charge in [-0.3, -0.25) is 0 Å². The summed E-state index contributed by atoms with van der Waals surface area (Å²) in [6.45, 7) is 6.19. The van der Waals surface area contributed by atoms with Gasteiger partial charge in [0.05, 0.1) is 12.7 Å². The van der Waals surface area contributed by atoms with Crippen LogP contribution in [0.4, 0.5) is 13.2 Å². The Morgan fingerprint density at radius 1 is 0.825 bits per heavy atom. The van der Waals surface area contributed by atoms with Crippen LogP contribution in [0.25, 0.3) is 22.3 Å². The maximum absolute atomic E-state index is 15.1. The van der Waals surface area contributed by atoms with E-state index in [9.17, 15) is 9.50 Å². The minimum absolute atomic E-state index is 0.171. The van der Waals surface area contributed by atoms with Crippen LogP contribution in [0, 0.1) is 17.5 Å². The van der Waals surface area contributed by atoms with E-state index in [4.69, 9.17) is 4.74 Å². The predicted molar refractivity (Wildman–Crippen MR) is 156 cm³/mol. The Morgan fingerprint density at radius 3 is 2.02 bits per heavy atom. The van der Waals surface area contributed by atoms with E-state index in [-0.39, 0.29) is 16.9 Å². The van der Waals surface area contributed by atoms with Gasteiger partial charge in [0.25, 0.3) is 0 Å². The monoisotopic (exact) mass is 544 g/mol. The molecule has 0 amide bonds. The minimum Gasteiger partial charge on any atom is -0.493 e. The molecule has 2 nitrogen and oxygen atoms in total. The van der Waals surface area contributed by atoms with Crippen molar-refractivity contribution in [2.45, 2.75) is 51.6 Å². The Bertz CT molecular complexity index is 1410. The molecule has 0 spiro atoms. The van der Waals surface area contributed by atoms with Gasteiger partial charge in [-0.1, -0.05) is 86.2 Å². The predicted octanol–water partition coefficient (Wildman–Crippen LogP) is 9.40. The van der Waals surface area contributed by atoms with E-state index in [0.29, 0.717) is 48.3 Å². The SMILES string of the molecule is C=CCCCOc1ccc(CCc2ccc(-c3ccc(-c4ccc(C(O)CCC)cc4)c(F)c3F)cc2)c(F)c1. The standard InChI is InChI=1S/C35H35F3O2/c1-3-5-6-22-40-29-19-18-27(32(36)23-29)13-10-24-8-11-25(12-9-24)30-20-21-31(35(38)34(30)37)26-14-16-28(17-15-26)33(39)7-4-2/h3,8-9,11-12,14-21,23,33,39H,1,4-7,10,13,22H2,2H3. The number of halogens is 3. The second kappa shape index (κ2) is 14.0. The van der Waals surface area contributed by atoms with Crippen LogP contribution in [0.15, 0.2) is 91.5 Å². The molecule has 0 heterocycles. The molecule has 0 aliphatic carbocycles. The molecule has 0 aliphatic heterocycles. The Hall–Kier alpha value is -3.83. The van der Waals surface area contributed by atoms with Crippen molar-refractivity contribution in [3.63, 3.8) is 0 Å². The van der Waals surface area contributed by atoms with Crippen LogP contribution in [0.3, 0.4) is 0 Å². The van der Waals surface area contributed by atoms with Crippen LogP contribution >= 0.6 is 0 Å². The zero-order valence-corrected chi connectivity index (χ0v) is 22.8. The summed E-state index contributed by atoms with van der Waals surface area (Å²) in [6.07, 6.45) is 5.56. The van der Waals surface area contributed by atoms with Crippen LogP contribution < -0.4 is 4.74 Å². The quantitative estimate of drug-likeness (QED) is 0.134. The lowest BCUT2D eigenvalue weighted by Gasteiger charge is -2.12. The summed E-state index contributed by atoms with van der Waals surface area (Å²) < 4.78 is 50.4. The van der Waals surface area contributed by atoms with Crippen molar-refractivity contribution in [2.75, 3.05) is 6.61 Å². The minimum atomic E-state index is -0.910. The van der Waals surface area contributed by atoms with Gasteiger partial charge in [0, 0.05) is 17.2 Å². The Labute approximate surface area is 234 Å². The summed E-state index contributed by atoms with van der Waals surface area (Å²) in [5.74, 6) is -1.61. The van der Waals surface area contributed by atoms with Crippen LogP contribution in [-0.4, -0.2) is 11.7 Å². The number of hydrogen-bond acceptors (Lipinski definition) is 2. The lowest BCUT2D eigenvalue weighted by molar-refractivity contribution is 0.166. The number of aliphatic hydroxyl groups excluding tert-OH is 1. The summed E-state index contributed by atoms with van der Waals surface area (Å²) in [5.41, 5.74) is 3.78. The second-order valence-electron chi connectivity index (χ2n) is 9.94. The topological polar surface area (TPSA) is 29.5 Å². The van der Waals surface area contributed by atoms with Crippen LogP contribution in [-0.2, 0) is 12.8 Å². The third-order valence-electron chi connectivity index (χ3n) is 7.04. The van der Waals surface area contributed by atoms with Crippen molar-refractivity contribution < 1.29 is 23.0 Å². The van der Waals surface area contributed by atoms with Crippen molar-refractivity contribution in [3.05, 3.63) is 126 Å². The Kier molecular flexibility index (Phi) is 10.2. The van der Waals surface area contributed by atoms with Gasteiger partial charge in [-0.05, 0) is 66.0 Å². The highest BCUT2D eigenvalue weighted by atomic mass is 19.2. The van der Waals surface area contributed by atoms with Gasteiger partial charge in [0.2, 0.25) is 0 Å². The van der Waals surface area contributed by atoms with Gasteiger partial charge in [-0.25, -0.2) is 13.2 Å². The number of hydrogen-bond donors (Lipinski definition) is 1. The highest BCUT2D eigenvalue weighted by Crippen LogP contribution is 2.32. The lowest BCUT2D eigenvalue weighted by Crippen LogP contribution is -1.99. The van der Waals surface area contributed by atoms with E-state index in [2.05, 4.69) is 6.58 Å². The molecule has 0 aromatic heterocycles. The zero-order chi connectivity index (χ0) is 28.5. The average Bonchev–Trinajstić information content (AvgIpc) is 2.97. The van der Waals surface area contributed by atoms with E-state index in [1.807, 2.05) is 25.1 Å². The molecule has 4 rings (SSSR count). The first-order valence-electron chi connectivity index (χ1n) is 13.8. The molecule has 5 heteroatoms. The molecular weight excluding hydrogens is 509 g/mol. The number of benzene rings is 4. The van der Waals surface area contributed by atoms with E-state index < -0.39 is 17.7 Å². The summed E-state index contributed by atoms with van der Waals surface area (Å²) in [7, 11) is 0. The Morgan fingerprint density at radius 2 is 1.45 bits per heavy atom. The highest BCUT2D eigenvalue weighted by molar-refractivity contribution is 5.72. The fourth-order valence-electron chi connectivity index (χ4n) is 4.69. The summed E-state index contributed by atoms with van der Waals surface area (Å²) in [5, 5.41) is 10.2. The fourth-order valence-corrected chi connectivity index (χ4v) is 4.69. The van der Waals surface area contributed by atoms with Gasteiger partial charge in [0.15, 0.2) is 11.6 Å². The summed E-state index contributed by atoms with van der Waals surface area (Å²) in [4.78, 5) is 0. The van der Waals surface area contributed by atoms with Crippen LogP contribution in [0.5, 0.6) is 5.75 Å². The number of aryl methyl sites for hydroxylation is 2. The zero-order valence-electron chi connectivity index (χ0n) is 22.8. The molecule has 40 heavy (non-hydrogen) atoms. The normalized spacial score (nSPS) is 11.8. The van der Waals surface area contributed by atoms with Crippen molar-refractivity contribution in [1.82, 2.24) is 0 Å². The molecular formula is C35H35F3O2. The molecule has 0 saturated carbocycles. The molecule has 4 aromatic carbocycles. The highest BCUT2D eigenvalue weighted by Gasteiger charge is 2.17. The fraction of sp³-hybridized carbons (Fsp3) is 0.257. The smallest absolute Gasteiger partial charge is 0.167 e. The molecule has 1 atom stereocenters. The van der Waals surface area contributed by atoms with Crippen LogP contribution in [0.2, 0.25) is 0 Å². The maximum Gasteiger partial charge on any atom is 0.167 e. The molecule has 4 aromatic rings. The van der Waals surface area contributed by atoms with E-state index >= 15 is 8.78 Å².